The van der Waals surface area contributed by atoms with Gasteiger partial charge in [0, 0.05) is 24.8 Å². The highest BCUT2D eigenvalue weighted by molar-refractivity contribution is 5.82. The van der Waals surface area contributed by atoms with Crippen LogP contribution in [0.5, 0.6) is 0 Å². The smallest absolute Gasteiger partial charge is 0.326 e. The Labute approximate surface area is 118 Å². The molecule has 3 N–H and O–H groups in total. The molecule has 0 aliphatic rings. The maximum Gasteiger partial charge on any atom is 0.326 e. The number of carboxylic acid groups (broad SMARTS) is 1. The summed E-state index contributed by atoms with van der Waals surface area (Å²) in [6.45, 7) is 6.04. The second-order valence-corrected chi connectivity index (χ2v) is 5.23. The fourth-order valence-electron chi connectivity index (χ4n) is 1.80. The Morgan fingerprint density at radius 1 is 1.45 bits per heavy atom. The van der Waals surface area contributed by atoms with Crippen LogP contribution in [0.4, 0.5) is 4.79 Å². The molecule has 1 rings (SSSR count). The largest absolute Gasteiger partial charge is 0.480 e. The first kappa shape index (κ1) is 16.0. The third-order valence-electron chi connectivity index (χ3n) is 3.09. The maximum absolute atomic E-state index is 11.7. The first-order valence-electron chi connectivity index (χ1n) is 6.56. The van der Waals surface area contributed by atoms with E-state index in [-0.39, 0.29) is 5.92 Å². The van der Waals surface area contributed by atoms with E-state index < -0.39 is 18.0 Å². The molecule has 0 aliphatic heterocycles. The van der Waals surface area contributed by atoms with E-state index in [4.69, 9.17) is 5.11 Å². The number of nitrogens with zero attached hydrogens (tertiary/aromatic N) is 2. The molecule has 20 heavy (non-hydrogen) atoms. The summed E-state index contributed by atoms with van der Waals surface area (Å²) in [5, 5.41) is 18.2. The average molecular weight is 282 g/mol. The fourth-order valence-corrected chi connectivity index (χ4v) is 1.80. The van der Waals surface area contributed by atoms with E-state index in [0.29, 0.717) is 13.0 Å². The summed E-state index contributed by atoms with van der Waals surface area (Å²) in [4.78, 5) is 22.8. The number of carbonyl (C=O) groups is 2. The number of hydrogen-bond acceptors (Lipinski definition) is 3. The number of aliphatic carboxylic acids is 1. The Balaban J connectivity index is 2.50. The molecule has 0 aliphatic carbocycles. The highest BCUT2D eigenvalue weighted by Gasteiger charge is 2.20. The zero-order valence-electron chi connectivity index (χ0n) is 12.3. The lowest BCUT2D eigenvalue weighted by molar-refractivity contribution is -0.139. The molecule has 7 heteroatoms. The molecule has 0 bridgehead atoms. The molecular weight excluding hydrogens is 260 g/mol. The molecule has 0 spiro atoms. The van der Waals surface area contributed by atoms with Crippen molar-refractivity contribution in [1.82, 2.24) is 20.4 Å². The van der Waals surface area contributed by atoms with Crippen LogP contribution in [0.15, 0.2) is 6.20 Å². The highest BCUT2D eigenvalue weighted by atomic mass is 16.4. The molecular formula is C13H22N4O3. The Morgan fingerprint density at radius 2 is 2.10 bits per heavy atom. The SMILES string of the molecule is Cc1c(CNC(=O)NC(CC(C)C)C(=O)O)cnn1C. The monoisotopic (exact) mass is 282 g/mol. The highest BCUT2D eigenvalue weighted by Crippen LogP contribution is 2.06. The van der Waals surface area contributed by atoms with Crippen LogP contribution < -0.4 is 10.6 Å². The van der Waals surface area contributed by atoms with E-state index in [1.54, 1.807) is 10.9 Å². The van der Waals surface area contributed by atoms with Crippen molar-refractivity contribution in [3.63, 3.8) is 0 Å². The van der Waals surface area contributed by atoms with Gasteiger partial charge in [0.2, 0.25) is 0 Å². The van der Waals surface area contributed by atoms with Crippen molar-refractivity contribution in [3.05, 3.63) is 17.5 Å². The summed E-state index contributed by atoms with van der Waals surface area (Å²) >= 11 is 0. The normalized spacial score (nSPS) is 12.2. The van der Waals surface area contributed by atoms with Crippen molar-refractivity contribution < 1.29 is 14.7 Å². The summed E-state index contributed by atoms with van der Waals surface area (Å²) in [5.74, 6) is -0.830. The van der Waals surface area contributed by atoms with E-state index in [1.807, 2.05) is 27.8 Å². The van der Waals surface area contributed by atoms with Gasteiger partial charge in [0.05, 0.1) is 6.20 Å². The molecule has 0 radical (unpaired) electrons. The Bertz CT molecular complexity index is 482. The quantitative estimate of drug-likeness (QED) is 0.726. The molecule has 112 valence electrons. The minimum absolute atomic E-state index is 0.192. The lowest BCUT2D eigenvalue weighted by Crippen LogP contribution is -2.46. The summed E-state index contributed by atoms with van der Waals surface area (Å²) in [5.41, 5.74) is 1.86. The fraction of sp³-hybridized carbons (Fsp3) is 0.615. The molecule has 1 heterocycles. The number of amides is 2. The summed E-state index contributed by atoms with van der Waals surface area (Å²) in [7, 11) is 1.82. The molecule has 1 aromatic heterocycles. The molecule has 0 aromatic carbocycles. The number of nitrogens with one attached hydrogen (secondary N) is 2. The van der Waals surface area contributed by atoms with Crippen LogP contribution >= 0.6 is 0 Å². The standard InChI is InChI=1S/C13H22N4O3/c1-8(2)5-11(12(18)19)16-13(20)14-6-10-7-15-17(4)9(10)3/h7-8,11H,5-6H2,1-4H3,(H,18,19)(H2,14,16,20). The number of urea groups is 1. The van der Waals surface area contributed by atoms with Gasteiger partial charge in [-0.15, -0.1) is 0 Å². The number of aryl methyl sites for hydroxylation is 1. The minimum atomic E-state index is -1.02. The van der Waals surface area contributed by atoms with Gasteiger partial charge in [0.1, 0.15) is 6.04 Å². The second kappa shape index (κ2) is 6.93. The number of carbonyl (C=O) groups excluding carboxylic acids is 1. The van der Waals surface area contributed by atoms with Crippen molar-refractivity contribution in [1.29, 1.82) is 0 Å². The van der Waals surface area contributed by atoms with Gasteiger partial charge < -0.3 is 15.7 Å². The molecule has 0 saturated carbocycles. The van der Waals surface area contributed by atoms with E-state index in [9.17, 15) is 9.59 Å². The minimum Gasteiger partial charge on any atom is -0.480 e. The van der Waals surface area contributed by atoms with Gasteiger partial charge in [-0.3, -0.25) is 4.68 Å². The van der Waals surface area contributed by atoms with Crippen LogP contribution in [-0.2, 0) is 18.4 Å². The van der Waals surface area contributed by atoms with Crippen LogP contribution in [0, 0.1) is 12.8 Å². The number of hydrogen-bond donors (Lipinski definition) is 3. The van der Waals surface area contributed by atoms with Gasteiger partial charge in [-0.2, -0.15) is 5.10 Å². The summed E-state index contributed by atoms with van der Waals surface area (Å²) in [6.07, 6.45) is 2.08. The third-order valence-corrected chi connectivity index (χ3v) is 3.09. The van der Waals surface area contributed by atoms with E-state index in [0.717, 1.165) is 11.3 Å². The van der Waals surface area contributed by atoms with Gasteiger partial charge in [0.25, 0.3) is 0 Å². The van der Waals surface area contributed by atoms with E-state index >= 15 is 0 Å². The average Bonchev–Trinajstić information content (AvgIpc) is 2.66. The van der Waals surface area contributed by atoms with E-state index in [2.05, 4.69) is 15.7 Å². The molecule has 1 atom stereocenters. The van der Waals surface area contributed by atoms with Crippen LogP contribution in [0.2, 0.25) is 0 Å². The zero-order valence-corrected chi connectivity index (χ0v) is 12.3. The molecule has 0 saturated heterocycles. The summed E-state index contributed by atoms with van der Waals surface area (Å²) < 4.78 is 1.72. The zero-order chi connectivity index (χ0) is 15.3. The maximum atomic E-state index is 11.7. The molecule has 1 aromatic rings. The molecule has 2 amide bonds. The van der Waals surface area contributed by atoms with Gasteiger partial charge in [0.15, 0.2) is 0 Å². The first-order valence-corrected chi connectivity index (χ1v) is 6.56. The predicted octanol–water partition coefficient (Wildman–Crippen LogP) is 1.03. The number of carboxylic acids is 1. The van der Waals surface area contributed by atoms with E-state index in [1.165, 1.54) is 0 Å². The van der Waals surface area contributed by atoms with Gasteiger partial charge in [-0.05, 0) is 19.3 Å². The van der Waals surface area contributed by atoms with Crippen LogP contribution in [-0.4, -0.2) is 32.9 Å². The Morgan fingerprint density at radius 3 is 2.55 bits per heavy atom. The Hall–Kier alpha value is -2.05. The van der Waals surface area contributed by atoms with Crippen molar-refractivity contribution in [2.75, 3.05) is 0 Å². The summed E-state index contributed by atoms with van der Waals surface area (Å²) in [6, 6.07) is -1.36. The first-order chi connectivity index (χ1) is 9.31. The lowest BCUT2D eigenvalue weighted by Gasteiger charge is -2.16. The van der Waals surface area contributed by atoms with Crippen molar-refractivity contribution >= 4 is 12.0 Å². The van der Waals surface area contributed by atoms with Crippen LogP contribution in [0.3, 0.4) is 0 Å². The van der Waals surface area contributed by atoms with Gasteiger partial charge in [-0.25, -0.2) is 9.59 Å². The molecule has 7 nitrogen and oxygen atoms in total. The van der Waals surface area contributed by atoms with Crippen molar-refractivity contribution in [2.45, 2.75) is 39.8 Å². The second-order valence-electron chi connectivity index (χ2n) is 5.23. The molecule has 1 unspecified atom stereocenters. The van der Waals surface area contributed by atoms with Crippen molar-refractivity contribution in [3.8, 4) is 0 Å². The number of rotatable bonds is 6. The topological polar surface area (TPSA) is 96.2 Å². The lowest BCUT2D eigenvalue weighted by atomic mass is 10.0. The van der Waals surface area contributed by atoms with Crippen LogP contribution in [0.1, 0.15) is 31.5 Å². The van der Waals surface area contributed by atoms with Crippen molar-refractivity contribution in [2.24, 2.45) is 13.0 Å². The van der Waals surface area contributed by atoms with Gasteiger partial charge in [-0.1, -0.05) is 13.8 Å². The predicted molar refractivity (Wildman–Crippen MR) is 74.2 cm³/mol. The third kappa shape index (κ3) is 4.56. The number of aromatic nitrogens is 2. The van der Waals surface area contributed by atoms with Gasteiger partial charge >= 0.3 is 12.0 Å². The Kier molecular flexibility index (Phi) is 5.54. The molecule has 0 fully saturated rings. The van der Waals surface area contributed by atoms with Crippen LogP contribution in [0.25, 0.3) is 0 Å².